The van der Waals surface area contributed by atoms with Crippen molar-refractivity contribution in [2.24, 2.45) is 4.99 Å². The van der Waals surface area contributed by atoms with Gasteiger partial charge in [0, 0.05) is 25.6 Å². The Bertz CT molecular complexity index is 791. The second-order valence-corrected chi connectivity index (χ2v) is 6.86. The van der Waals surface area contributed by atoms with E-state index < -0.39 is 0 Å². The van der Waals surface area contributed by atoms with Crippen LogP contribution in [0.4, 0.5) is 4.39 Å². The van der Waals surface area contributed by atoms with Gasteiger partial charge in [0.15, 0.2) is 17.5 Å². The molecule has 0 bridgehead atoms. The largest absolute Gasteiger partial charge is 0.493 e. The van der Waals surface area contributed by atoms with E-state index in [1.165, 1.54) is 6.07 Å². The Hall–Kier alpha value is -2.76. The van der Waals surface area contributed by atoms with E-state index in [-0.39, 0.29) is 11.2 Å². The number of halogens is 1. The highest BCUT2D eigenvalue weighted by molar-refractivity contribution is 5.79. The summed E-state index contributed by atoms with van der Waals surface area (Å²) in [6.07, 6.45) is 0. The minimum absolute atomic E-state index is 0.225. The molecule has 2 aromatic rings. The Kier molecular flexibility index (Phi) is 7.05. The van der Waals surface area contributed by atoms with E-state index in [1.54, 1.807) is 33.4 Å². The van der Waals surface area contributed by atoms with Gasteiger partial charge in [0.05, 0.1) is 14.2 Å². The van der Waals surface area contributed by atoms with Gasteiger partial charge in [-0.3, -0.25) is 4.99 Å². The van der Waals surface area contributed by atoms with Crippen LogP contribution in [0.5, 0.6) is 11.5 Å². The van der Waals surface area contributed by atoms with E-state index in [9.17, 15) is 4.39 Å². The topological polar surface area (TPSA) is 54.9 Å². The molecule has 0 fully saturated rings. The Labute approximate surface area is 160 Å². The fraction of sp³-hybridized carbons (Fsp3) is 0.381. The number of hydrogen-bond donors (Lipinski definition) is 2. The summed E-state index contributed by atoms with van der Waals surface area (Å²) in [7, 11) is 4.95. The van der Waals surface area contributed by atoms with E-state index in [0.29, 0.717) is 30.5 Å². The van der Waals surface area contributed by atoms with Gasteiger partial charge in [-0.15, -0.1) is 0 Å². The summed E-state index contributed by atoms with van der Waals surface area (Å²) in [5.41, 5.74) is 1.73. The van der Waals surface area contributed by atoms with Crippen LogP contribution in [0.15, 0.2) is 47.5 Å². The van der Waals surface area contributed by atoms with Crippen molar-refractivity contribution in [2.45, 2.75) is 25.8 Å². The predicted molar refractivity (Wildman–Crippen MR) is 107 cm³/mol. The van der Waals surface area contributed by atoms with Crippen LogP contribution in [0.3, 0.4) is 0 Å². The first-order chi connectivity index (χ1) is 12.9. The van der Waals surface area contributed by atoms with Gasteiger partial charge < -0.3 is 20.1 Å². The number of nitrogens with zero attached hydrogens (tertiary/aromatic N) is 1. The molecule has 0 aliphatic rings. The zero-order valence-corrected chi connectivity index (χ0v) is 16.6. The maximum Gasteiger partial charge on any atom is 0.191 e. The molecule has 6 heteroatoms. The van der Waals surface area contributed by atoms with E-state index >= 15 is 0 Å². The number of rotatable bonds is 7. The Balaban J connectivity index is 1.96. The molecule has 146 valence electrons. The summed E-state index contributed by atoms with van der Waals surface area (Å²) < 4.78 is 24.1. The van der Waals surface area contributed by atoms with Gasteiger partial charge in [-0.2, -0.15) is 0 Å². The molecule has 0 saturated carbocycles. The second-order valence-electron chi connectivity index (χ2n) is 6.86. The normalized spacial score (nSPS) is 11.9. The molecule has 2 N–H and O–H groups in total. The molecule has 0 aromatic heterocycles. The first-order valence-electron chi connectivity index (χ1n) is 8.81. The third kappa shape index (κ3) is 5.61. The number of benzene rings is 2. The average molecular weight is 373 g/mol. The summed E-state index contributed by atoms with van der Waals surface area (Å²) >= 11 is 0. The summed E-state index contributed by atoms with van der Waals surface area (Å²) in [5.74, 6) is 1.83. The van der Waals surface area contributed by atoms with Crippen molar-refractivity contribution < 1.29 is 13.9 Å². The lowest BCUT2D eigenvalue weighted by molar-refractivity contribution is 0.354. The highest BCUT2D eigenvalue weighted by Crippen LogP contribution is 2.27. The molecule has 0 amide bonds. The van der Waals surface area contributed by atoms with Crippen LogP contribution < -0.4 is 20.1 Å². The summed E-state index contributed by atoms with van der Waals surface area (Å²) in [6.45, 7) is 5.33. The van der Waals surface area contributed by atoms with Gasteiger partial charge in [0.2, 0.25) is 0 Å². The molecule has 2 aromatic carbocycles. The summed E-state index contributed by atoms with van der Waals surface area (Å²) in [4.78, 5) is 4.26. The van der Waals surface area contributed by atoms with Gasteiger partial charge in [-0.25, -0.2) is 4.39 Å². The van der Waals surface area contributed by atoms with Gasteiger partial charge in [0.25, 0.3) is 0 Å². The highest BCUT2D eigenvalue weighted by Gasteiger charge is 2.21. The molecule has 2 rings (SSSR count). The van der Waals surface area contributed by atoms with E-state index in [4.69, 9.17) is 9.47 Å². The van der Waals surface area contributed by atoms with Crippen LogP contribution in [-0.2, 0) is 12.0 Å². The van der Waals surface area contributed by atoms with Crippen molar-refractivity contribution >= 4 is 5.96 Å². The molecular weight excluding hydrogens is 345 g/mol. The summed E-state index contributed by atoms with van der Waals surface area (Å²) in [6, 6.07) is 12.5. The fourth-order valence-corrected chi connectivity index (χ4v) is 2.71. The number of aliphatic imine (C=N–C) groups is 1. The van der Waals surface area contributed by atoms with Gasteiger partial charge >= 0.3 is 0 Å². The molecule has 0 aliphatic carbocycles. The maximum absolute atomic E-state index is 13.5. The molecule has 0 atom stereocenters. The van der Waals surface area contributed by atoms with Gasteiger partial charge in [0.1, 0.15) is 5.82 Å². The van der Waals surface area contributed by atoms with Crippen LogP contribution in [0, 0.1) is 5.82 Å². The fourth-order valence-electron chi connectivity index (χ4n) is 2.71. The van der Waals surface area contributed by atoms with Crippen LogP contribution in [0.2, 0.25) is 0 Å². The Morgan fingerprint density at radius 3 is 2.41 bits per heavy atom. The molecule has 0 heterocycles. The summed E-state index contributed by atoms with van der Waals surface area (Å²) in [5, 5.41) is 6.59. The maximum atomic E-state index is 13.5. The van der Waals surface area contributed by atoms with Crippen molar-refractivity contribution in [3.05, 3.63) is 59.4 Å². The van der Waals surface area contributed by atoms with Crippen LogP contribution in [0.1, 0.15) is 25.0 Å². The predicted octanol–water partition coefficient (Wildman–Crippen LogP) is 3.49. The van der Waals surface area contributed by atoms with E-state index in [0.717, 1.165) is 11.1 Å². The molecule has 5 nitrogen and oxygen atoms in total. The Morgan fingerprint density at radius 1 is 1.04 bits per heavy atom. The minimum atomic E-state index is -0.247. The monoisotopic (exact) mass is 373 g/mol. The molecule has 27 heavy (non-hydrogen) atoms. The minimum Gasteiger partial charge on any atom is -0.493 e. The molecular formula is C21H28FN3O2. The zero-order valence-electron chi connectivity index (χ0n) is 16.6. The van der Waals surface area contributed by atoms with Crippen molar-refractivity contribution in [1.29, 1.82) is 0 Å². The van der Waals surface area contributed by atoms with Crippen LogP contribution >= 0.6 is 0 Å². The number of guanidine groups is 1. The van der Waals surface area contributed by atoms with Gasteiger partial charge in [-0.1, -0.05) is 32.0 Å². The number of ether oxygens (including phenoxy) is 2. The number of nitrogens with one attached hydrogen (secondary N) is 2. The van der Waals surface area contributed by atoms with Crippen molar-refractivity contribution in [3.8, 4) is 11.5 Å². The SMILES string of the molecule is CN=C(NCc1ccc(OC)c(OC)c1)NCC(C)(C)c1cccc(F)c1. The lowest BCUT2D eigenvalue weighted by atomic mass is 9.84. The number of hydrogen-bond acceptors (Lipinski definition) is 3. The van der Waals surface area contributed by atoms with Crippen molar-refractivity contribution in [3.63, 3.8) is 0 Å². The molecule has 0 radical (unpaired) electrons. The van der Waals surface area contributed by atoms with Crippen LogP contribution in [0.25, 0.3) is 0 Å². The Morgan fingerprint density at radius 2 is 1.78 bits per heavy atom. The number of methoxy groups -OCH3 is 2. The van der Waals surface area contributed by atoms with Crippen molar-refractivity contribution in [2.75, 3.05) is 27.8 Å². The lowest BCUT2D eigenvalue weighted by Crippen LogP contribution is -2.43. The molecule has 0 unspecified atom stereocenters. The molecule has 0 spiro atoms. The first kappa shape index (κ1) is 20.6. The van der Waals surface area contributed by atoms with E-state index in [1.807, 2.05) is 24.3 Å². The van der Waals surface area contributed by atoms with Gasteiger partial charge in [-0.05, 0) is 35.4 Å². The smallest absolute Gasteiger partial charge is 0.191 e. The third-order valence-corrected chi connectivity index (χ3v) is 4.44. The molecule has 0 saturated heterocycles. The lowest BCUT2D eigenvalue weighted by Gasteiger charge is -2.27. The second kappa shape index (κ2) is 9.26. The molecule has 0 aliphatic heterocycles. The average Bonchev–Trinajstić information content (AvgIpc) is 2.67. The third-order valence-electron chi connectivity index (χ3n) is 4.44. The standard InChI is InChI=1S/C21H28FN3O2/c1-21(2,16-7-6-8-17(22)12-16)14-25-20(23-3)24-13-15-9-10-18(26-4)19(11-15)27-5/h6-12H,13-14H2,1-5H3,(H2,23,24,25). The first-order valence-corrected chi connectivity index (χ1v) is 8.81. The van der Waals surface area contributed by atoms with E-state index in [2.05, 4.69) is 29.5 Å². The zero-order chi connectivity index (χ0) is 19.9. The quantitative estimate of drug-likeness (QED) is 0.576. The van der Waals surface area contributed by atoms with Crippen molar-refractivity contribution in [1.82, 2.24) is 10.6 Å². The highest BCUT2D eigenvalue weighted by atomic mass is 19.1. The van der Waals surface area contributed by atoms with Crippen LogP contribution in [-0.4, -0.2) is 33.8 Å².